The maximum atomic E-state index is 12.9. The maximum Gasteiger partial charge on any atom is 0.251 e. The molecule has 1 saturated carbocycles. The Labute approximate surface area is 162 Å². The summed E-state index contributed by atoms with van der Waals surface area (Å²) in [5.41, 5.74) is 6.36. The Hall–Kier alpha value is -1.15. The van der Waals surface area contributed by atoms with Crippen molar-refractivity contribution in [1.82, 2.24) is 9.62 Å². The zero-order valence-electron chi connectivity index (χ0n) is 14.9. The monoisotopic (exact) mass is 401 g/mol. The van der Waals surface area contributed by atoms with Gasteiger partial charge in [-0.15, -0.1) is 12.4 Å². The van der Waals surface area contributed by atoms with Gasteiger partial charge in [0.25, 0.3) is 5.91 Å². The average molecular weight is 402 g/mol. The highest BCUT2D eigenvalue weighted by Crippen LogP contribution is 2.31. The van der Waals surface area contributed by atoms with Crippen molar-refractivity contribution in [3.8, 4) is 0 Å². The van der Waals surface area contributed by atoms with Gasteiger partial charge in [-0.25, -0.2) is 8.42 Å². The van der Waals surface area contributed by atoms with Crippen LogP contribution in [0.5, 0.6) is 0 Å². The molecule has 1 aliphatic heterocycles. The molecule has 1 saturated heterocycles. The first-order valence-electron chi connectivity index (χ1n) is 9.12. The Bertz CT molecular complexity index is 714. The second kappa shape index (κ2) is 9.17. The molecule has 8 heteroatoms. The number of amides is 1. The normalized spacial score (nSPS) is 19.9. The molecular weight excluding hydrogens is 374 g/mol. The van der Waals surface area contributed by atoms with Crippen LogP contribution in [-0.2, 0) is 10.0 Å². The fourth-order valence-electron chi connectivity index (χ4n) is 3.23. The molecule has 1 amide bonds. The first-order valence-corrected chi connectivity index (χ1v) is 10.6. The minimum absolute atomic E-state index is 0. The van der Waals surface area contributed by atoms with Crippen molar-refractivity contribution >= 4 is 28.3 Å². The quantitative estimate of drug-likeness (QED) is 0.763. The van der Waals surface area contributed by atoms with E-state index in [0.717, 1.165) is 38.5 Å². The Morgan fingerprint density at radius 2 is 1.85 bits per heavy atom. The summed E-state index contributed by atoms with van der Waals surface area (Å²) in [7, 11) is -3.55. The standard InChI is InChI=1S/C18H27N3O3S.ClH/c19-17(14-8-9-14)13-20-18(22)15-6-5-7-16(12-15)25(23,24)21-10-3-1-2-4-11-21;/h5-7,12,14,17H,1-4,8-11,13,19H2,(H,20,22);1H. The summed E-state index contributed by atoms with van der Waals surface area (Å²) in [6.45, 7) is 1.52. The van der Waals surface area contributed by atoms with Crippen molar-refractivity contribution in [3.05, 3.63) is 29.8 Å². The van der Waals surface area contributed by atoms with Gasteiger partial charge < -0.3 is 11.1 Å². The van der Waals surface area contributed by atoms with Crippen molar-refractivity contribution in [2.75, 3.05) is 19.6 Å². The zero-order valence-corrected chi connectivity index (χ0v) is 16.5. The lowest BCUT2D eigenvalue weighted by molar-refractivity contribution is 0.0950. The highest BCUT2D eigenvalue weighted by atomic mass is 35.5. The highest BCUT2D eigenvalue weighted by molar-refractivity contribution is 7.89. The molecule has 1 atom stereocenters. The first kappa shape index (κ1) is 21.2. The summed E-state index contributed by atoms with van der Waals surface area (Å²) >= 11 is 0. The van der Waals surface area contributed by atoms with E-state index >= 15 is 0 Å². The molecule has 1 heterocycles. The van der Waals surface area contributed by atoms with Crippen LogP contribution in [0.4, 0.5) is 0 Å². The van der Waals surface area contributed by atoms with Crippen LogP contribution in [-0.4, -0.2) is 44.3 Å². The molecule has 0 radical (unpaired) electrons. The number of hydrogen-bond donors (Lipinski definition) is 2. The molecule has 0 bridgehead atoms. The van der Waals surface area contributed by atoms with Gasteiger partial charge in [-0.3, -0.25) is 4.79 Å². The molecule has 3 N–H and O–H groups in total. The number of nitrogens with one attached hydrogen (secondary N) is 1. The first-order chi connectivity index (χ1) is 12.0. The Morgan fingerprint density at radius 1 is 1.19 bits per heavy atom. The van der Waals surface area contributed by atoms with Crippen LogP contribution in [0.15, 0.2) is 29.2 Å². The molecule has 1 aliphatic carbocycles. The van der Waals surface area contributed by atoms with Crippen LogP contribution in [0.3, 0.4) is 0 Å². The molecule has 0 spiro atoms. The number of sulfonamides is 1. The number of hydrogen-bond acceptors (Lipinski definition) is 4. The highest BCUT2D eigenvalue weighted by Gasteiger charge is 2.29. The summed E-state index contributed by atoms with van der Waals surface area (Å²) in [4.78, 5) is 12.5. The predicted octanol–water partition coefficient (Wildman–Crippen LogP) is 2.14. The molecule has 26 heavy (non-hydrogen) atoms. The largest absolute Gasteiger partial charge is 0.350 e. The van der Waals surface area contributed by atoms with E-state index in [4.69, 9.17) is 5.73 Å². The second-order valence-corrected chi connectivity index (χ2v) is 9.00. The van der Waals surface area contributed by atoms with Crippen LogP contribution >= 0.6 is 12.4 Å². The summed E-state index contributed by atoms with van der Waals surface area (Å²) in [6.07, 6.45) is 6.16. The predicted molar refractivity (Wildman–Crippen MR) is 104 cm³/mol. The molecule has 6 nitrogen and oxygen atoms in total. The third-order valence-corrected chi connectivity index (χ3v) is 6.92. The SMILES string of the molecule is Cl.NC(CNC(=O)c1cccc(S(=O)(=O)N2CCCCCC2)c1)C1CC1. The zero-order chi connectivity index (χ0) is 17.9. The van der Waals surface area contributed by atoms with Gasteiger partial charge in [0.15, 0.2) is 0 Å². The molecule has 1 unspecified atom stereocenters. The second-order valence-electron chi connectivity index (χ2n) is 7.06. The summed E-state index contributed by atoms with van der Waals surface area (Å²) in [6, 6.07) is 6.28. The van der Waals surface area contributed by atoms with Gasteiger partial charge in [-0.05, 0) is 49.8 Å². The number of carbonyl (C=O) groups is 1. The molecule has 0 aromatic heterocycles. The number of halogens is 1. The van der Waals surface area contributed by atoms with Gasteiger partial charge in [-0.2, -0.15) is 4.31 Å². The topological polar surface area (TPSA) is 92.5 Å². The van der Waals surface area contributed by atoms with Crippen molar-refractivity contribution in [2.45, 2.75) is 49.5 Å². The minimum atomic E-state index is -3.55. The fraction of sp³-hybridized carbons (Fsp3) is 0.611. The third-order valence-electron chi connectivity index (χ3n) is 5.02. The molecule has 2 fully saturated rings. The van der Waals surface area contributed by atoms with Gasteiger partial charge in [0, 0.05) is 31.2 Å². The summed E-state index contributed by atoms with van der Waals surface area (Å²) < 4.78 is 27.2. The van der Waals surface area contributed by atoms with Crippen LogP contribution in [0.1, 0.15) is 48.9 Å². The van der Waals surface area contributed by atoms with Crippen molar-refractivity contribution in [3.63, 3.8) is 0 Å². The third kappa shape index (κ3) is 5.19. The summed E-state index contributed by atoms with van der Waals surface area (Å²) in [5, 5.41) is 2.82. The minimum Gasteiger partial charge on any atom is -0.350 e. The summed E-state index contributed by atoms with van der Waals surface area (Å²) in [5.74, 6) is 0.235. The van der Waals surface area contributed by atoms with Gasteiger partial charge >= 0.3 is 0 Å². The Morgan fingerprint density at radius 3 is 2.46 bits per heavy atom. The van der Waals surface area contributed by atoms with Gasteiger partial charge in [-0.1, -0.05) is 18.9 Å². The van der Waals surface area contributed by atoms with Gasteiger partial charge in [0.1, 0.15) is 0 Å². The van der Waals surface area contributed by atoms with E-state index in [1.807, 2.05) is 0 Å². The van der Waals surface area contributed by atoms with E-state index in [9.17, 15) is 13.2 Å². The molecule has 1 aromatic rings. The smallest absolute Gasteiger partial charge is 0.251 e. The van der Waals surface area contributed by atoms with Crippen molar-refractivity contribution in [2.24, 2.45) is 11.7 Å². The van der Waals surface area contributed by atoms with Crippen molar-refractivity contribution in [1.29, 1.82) is 0 Å². The molecule has 2 aliphatic rings. The lowest BCUT2D eigenvalue weighted by Gasteiger charge is -2.20. The van der Waals surface area contributed by atoms with E-state index in [1.165, 1.54) is 6.07 Å². The van der Waals surface area contributed by atoms with E-state index in [2.05, 4.69) is 5.32 Å². The molecule has 146 valence electrons. The molecular formula is C18H28ClN3O3S. The molecule has 1 aromatic carbocycles. The van der Waals surface area contributed by atoms with E-state index in [0.29, 0.717) is 31.1 Å². The molecule has 3 rings (SSSR count). The van der Waals surface area contributed by atoms with E-state index in [-0.39, 0.29) is 29.3 Å². The number of benzene rings is 1. The Balaban J connectivity index is 0.00000243. The van der Waals surface area contributed by atoms with Crippen LogP contribution in [0.2, 0.25) is 0 Å². The maximum absolute atomic E-state index is 12.9. The number of rotatable bonds is 6. The van der Waals surface area contributed by atoms with Crippen LogP contribution in [0, 0.1) is 5.92 Å². The Kier molecular flexibility index (Phi) is 7.46. The van der Waals surface area contributed by atoms with Gasteiger partial charge in [0.2, 0.25) is 10.0 Å². The number of carbonyl (C=O) groups excluding carboxylic acids is 1. The average Bonchev–Trinajstić information content (AvgIpc) is 3.46. The lowest BCUT2D eigenvalue weighted by atomic mass is 10.2. The van der Waals surface area contributed by atoms with E-state index < -0.39 is 10.0 Å². The van der Waals surface area contributed by atoms with Gasteiger partial charge in [0.05, 0.1) is 4.90 Å². The van der Waals surface area contributed by atoms with Crippen LogP contribution < -0.4 is 11.1 Å². The lowest BCUT2D eigenvalue weighted by Crippen LogP contribution is -2.38. The fourth-order valence-corrected chi connectivity index (χ4v) is 4.80. The number of nitrogens with two attached hydrogens (primary N) is 1. The van der Waals surface area contributed by atoms with E-state index in [1.54, 1.807) is 22.5 Å². The van der Waals surface area contributed by atoms with Crippen LogP contribution in [0.25, 0.3) is 0 Å². The number of nitrogens with zero attached hydrogens (tertiary/aromatic N) is 1. The van der Waals surface area contributed by atoms with Crippen molar-refractivity contribution < 1.29 is 13.2 Å².